The molecule has 0 saturated carbocycles. The van der Waals surface area contributed by atoms with E-state index in [0.717, 1.165) is 11.5 Å². The third kappa shape index (κ3) is 3.32. The summed E-state index contributed by atoms with van der Waals surface area (Å²) < 4.78 is 10.1. The third-order valence-corrected chi connectivity index (χ3v) is 1.86. The summed E-state index contributed by atoms with van der Waals surface area (Å²) in [6.45, 7) is 2.54. The van der Waals surface area contributed by atoms with E-state index in [1.165, 1.54) is 0 Å². The van der Waals surface area contributed by atoms with Gasteiger partial charge in [-0.05, 0) is 19.1 Å². The minimum Gasteiger partial charge on any atom is -0.365 e. The van der Waals surface area contributed by atoms with Crippen LogP contribution in [-0.2, 0) is 9.47 Å². The fourth-order valence-electron chi connectivity index (χ4n) is 1.09. The topological polar surface area (TPSA) is 43.4 Å². The summed E-state index contributed by atoms with van der Waals surface area (Å²) in [5, 5.41) is 3.13. The maximum Gasteiger partial charge on any atom is 0.173 e. The second-order valence-electron chi connectivity index (χ2n) is 2.95. The first-order valence-electron chi connectivity index (χ1n) is 4.49. The van der Waals surface area contributed by atoms with Crippen LogP contribution in [0.25, 0.3) is 0 Å². The Morgan fingerprint density at radius 1 is 1.36 bits per heavy atom. The average Bonchev–Trinajstić information content (AvgIpc) is 2.19. The molecule has 0 radical (unpaired) electrons. The van der Waals surface area contributed by atoms with Gasteiger partial charge in [0.05, 0.1) is 6.54 Å². The minimum absolute atomic E-state index is 0.239. The van der Waals surface area contributed by atoms with Crippen molar-refractivity contribution in [2.24, 2.45) is 0 Å². The molecule has 0 atom stereocenters. The Morgan fingerprint density at radius 2 is 2.07 bits per heavy atom. The Hall–Kier alpha value is -1.13. The van der Waals surface area contributed by atoms with E-state index >= 15 is 0 Å². The number of hydrogen-bond acceptors (Lipinski definition) is 4. The van der Waals surface area contributed by atoms with Crippen LogP contribution < -0.4 is 5.32 Å². The van der Waals surface area contributed by atoms with Gasteiger partial charge in [0.25, 0.3) is 0 Å². The third-order valence-electron chi connectivity index (χ3n) is 1.86. The van der Waals surface area contributed by atoms with Crippen molar-refractivity contribution < 1.29 is 9.47 Å². The lowest BCUT2D eigenvalue weighted by Crippen LogP contribution is -2.23. The van der Waals surface area contributed by atoms with Crippen LogP contribution in [0.2, 0.25) is 0 Å². The van der Waals surface area contributed by atoms with E-state index in [1.807, 2.05) is 25.1 Å². The molecule has 0 aliphatic carbocycles. The number of anilines is 1. The highest BCUT2D eigenvalue weighted by atomic mass is 16.7. The van der Waals surface area contributed by atoms with Crippen molar-refractivity contribution in [3.63, 3.8) is 0 Å². The molecule has 0 amide bonds. The number of methoxy groups -OCH3 is 2. The molecule has 14 heavy (non-hydrogen) atoms. The highest BCUT2D eigenvalue weighted by Crippen LogP contribution is 2.04. The Morgan fingerprint density at radius 3 is 2.64 bits per heavy atom. The summed E-state index contributed by atoms with van der Waals surface area (Å²) in [5.74, 6) is 0.837. The fraction of sp³-hybridized carbons (Fsp3) is 0.500. The minimum atomic E-state index is -0.239. The lowest BCUT2D eigenvalue weighted by molar-refractivity contribution is -0.0914. The van der Waals surface area contributed by atoms with E-state index in [-0.39, 0.29) is 6.29 Å². The summed E-state index contributed by atoms with van der Waals surface area (Å²) in [6.07, 6.45) is -0.239. The number of hydrogen-bond donors (Lipinski definition) is 1. The zero-order valence-corrected chi connectivity index (χ0v) is 8.78. The predicted octanol–water partition coefficient (Wildman–Crippen LogP) is 1.42. The second kappa shape index (κ2) is 5.57. The van der Waals surface area contributed by atoms with Gasteiger partial charge in [-0.3, -0.25) is 0 Å². The second-order valence-corrected chi connectivity index (χ2v) is 2.95. The normalized spacial score (nSPS) is 10.6. The number of nitrogens with one attached hydrogen (secondary N) is 1. The van der Waals surface area contributed by atoms with Crippen LogP contribution in [0.15, 0.2) is 18.2 Å². The predicted molar refractivity (Wildman–Crippen MR) is 55.3 cm³/mol. The lowest BCUT2D eigenvalue weighted by atomic mass is 10.4. The maximum atomic E-state index is 5.04. The molecule has 1 aromatic heterocycles. The first kappa shape index (κ1) is 10.9. The zero-order valence-electron chi connectivity index (χ0n) is 8.78. The van der Waals surface area contributed by atoms with Crippen LogP contribution in [0.4, 0.5) is 5.82 Å². The standard InChI is InChI=1S/C10H16N2O2/c1-8-5-4-6-9(12-8)11-7-10(13-2)14-3/h4-6,10H,7H2,1-3H3,(H,11,12). The molecule has 0 aromatic carbocycles. The van der Waals surface area contributed by atoms with Crippen LogP contribution in [0.1, 0.15) is 5.69 Å². The van der Waals surface area contributed by atoms with Crippen LogP contribution >= 0.6 is 0 Å². The van der Waals surface area contributed by atoms with Crippen molar-refractivity contribution in [2.75, 3.05) is 26.1 Å². The van der Waals surface area contributed by atoms with E-state index in [1.54, 1.807) is 14.2 Å². The molecule has 0 saturated heterocycles. The number of rotatable bonds is 5. The fourth-order valence-corrected chi connectivity index (χ4v) is 1.09. The average molecular weight is 196 g/mol. The van der Waals surface area contributed by atoms with Crippen LogP contribution in [-0.4, -0.2) is 32.0 Å². The summed E-state index contributed by atoms with van der Waals surface area (Å²) in [4.78, 5) is 4.29. The molecule has 4 nitrogen and oxygen atoms in total. The van der Waals surface area contributed by atoms with Gasteiger partial charge in [0.2, 0.25) is 0 Å². The molecule has 0 bridgehead atoms. The SMILES string of the molecule is COC(CNc1cccc(C)n1)OC. The molecule has 4 heteroatoms. The number of pyridine rings is 1. The quantitative estimate of drug-likeness (QED) is 0.723. The smallest absolute Gasteiger partial charge is 0.173 e. The summed E-state index contributed by atoms with van der Waals surface area (Å²) in [6, 6.07) is 5.82. The molecule has 1 N–H and O–H groups in total. The largest absolute Gasteiger partial charge is 0.365 e. The Balaban J connectivity index is 2.44. The Bertz CT molecular complexity index is 275. The van der Waals surface area contributed by atoms with E-state index in [2.05, 4.69) is 10.3 Å². The van der Waals surface area contributed by atoms with Crippen molar-refractivity contribution in [2.45, 2.75) is 13.2 Å². The monoisotopic (exact) mass is 196 g/mol. The van der Waals surface area contributed by atoms with E-state index < -0.39 is 0 Å². The van der Waals surface area contributed by atoms with Crippen molar-refractivity contribution in [3.05, 3.63) is 23.9 Å². The van der Waals surface area contributed by atoms with Gasteiger partial charge in [-0.2, -0.15) is 0 Å². The van der Waals surface area contributed by atoms with Gasteiger partial charge in [0, 0.05) is 19.9 Å². The molecular weight excluding hydrogens is 180 g/mol. The highest BCUT2D eigenvalue weighted by molar-refractivity contribution is 5.34. The maximum absolute atomic E-state index is 5.04. The molecule has 0 aliphatic heterocycles. The zero-order chi connectivity index (χ0) is 10.4. The van der Waals surface area contributed by atoms with Crippen molar-refractivity contribution >= 4 is 5.82 Å². The summed E-state index contributed by atoms with van der Waals surface area (Å²) >= 11 is 0. The first-order valence-corrected chi connectivity index (χ1v) is 4.49. The highest BCUT2D eigenvalue weighted by Gasteiger charge is 2.04. The molecule has 1 aromatic rings. The molecular formula is C10H16N2O2. The van der Waals surface area contributed by atoms with Gasteiger partial charge < -0.3 is 14.8 Å². The van der Waals surface area contributed by atoms with Gasteiger partial charge in [0.1, 0.15) is 5.82 Å². The number of aromatic nitrogens is 1. The number of aryl methyl sites for hydroxylation is 1. The van der Waals surface area contributed by atoms with Crippen LogP contribution in [0.3, 0.4) is 0 Å². The van der Waals surface area contributed by atoms with Crippen molar-refractivity contribution in [1.29, 1.82) is 0 Å². The van der Waals surface area contributed by atoms with Crippen molar-refractivity contribution in [3.8, 4) is 0 Å². The molecule has 0 unspecified atom stereocenters. The molecule has 1 rings (SSSR count). The van der Waals surface area contributed by atoms with E-state index in [9.17, 15) is 0 Å². The van der Waals surface area contributed by atoms with Crippen LogP contribution in [0, 0.1) is 6.92 Å². The van der Waals surface area contributed by atoms with Gasteiger partial charge in [0.15, 0.2) is 6.29 Å². The van der Waals surface area contributed by atoms with Crippen molar-refractivity contribution in [1.82, 2.24) is 4.98 Å². The lowest BCUT2D eigenvalue weighted by Gasteiger charge is -2.14. The number of nitrogens with zero attached hydrogens (tertiary/aromatic N) is 1. The van der Waals surface area contributed by atoms with E-state index in [4.69, 9.17) is 9.47 Å². The molecule has 1 heterocycles. The first-order chi connectivity index (χ1) is 6.76. The molecule has 78 valence electrons. The van der Waals surface area contributed by atoms with Gasteiger partial charge >= 0.3 is 0 Å². The molecule has 0 spiro atoms. The number of ether oxygens (including phenoxy) is 2. The molecule has 0 fully saturated rings. The van der Waals surface area contributed by atoms with Gasteiger partial charge in [-0.15, -0.1) is 0 Å². The van der Waals surface area contributed by atoms with Gasteiger partial charge in [-0.25, -0.2) is 4.98 Å². The van der Waals surface area contributed by atoms with Crippen LogP contribution in [0.5, 0.6) is 0 Å². The Labute approximate surface area is 84.3 Å². The van der Waals surface area contributed by atoms with Gasteiger partial charge in [-0.1, -0.05) is 6.07 Å². The summed E-state index contributed by atoms with van der Waals surface area (Å²) in [5.41, 5.74) is 0.987. The molecule has 0 aliphatic rings. The van der Waals surface area contributed by atoms with E-state index in [0.29, 0.717) is 6.54 Å². The Kier molecular flexibility index (Phi) is 4.35. The summed E-state index contributed by atoms with van der Waals surface area (Å²) in [7, 11) is 3.22.